The number of pyridine rings is 1. The summed E-state index contributed by atoms with van der Waals surface area (Å²) in [7, 11) is 3.44. The van der Waals surface area contributed by atoms with Crippen LogP contribution in [-0.4, -0.2) is 55.4 Å². The molecular weight excluding hydrogens is 540 g/mol. The molecule has 2 N–H and O–H groups in total. The summed E-state index contributed by atoms with van der Waals surface area (Å²) in [6, 6.07) is 3.92. The van der Waals surface area contributed by atoms with Gasteiger partial charge in [-0.1, -0.05) is 12.1 Å². The number of benzene rings is 2. The molecule has 9 nitrogen and oxygen atoms in total. The predicted molar refractivity (Wildman–Crippen MR) is 133 cm³/mol. The van der Waals surface area contributed by atoms with E-state index in [1.165, 1.54) is 33.2 Å². The largest absolute Gasteiger partial charge is 0.503 e. The summed E-state index contributed by atoms with van der Waals surface area (Å²) in [5, 5.41) is 12.5. The van der Waals surface area contributed by atoms with Gasteiger partial charge in [0.15, 0.2) is 40.3 Å². The summed E-state index contributed by atoms with van der Waals surface area (Å²) in [6.07, 6.45) is -0.0409. The van der Waals surface area contributed by atoms with Gasteiger partial charge in [0.1, 0.15) is 12.1 Å². The van der Waals surface area contributed by atoms with Crippen molar-refractivity contribution in [2.75, 3.05) is 21.3 Å². The molecule has 0 saturated carbocycles. The molecule has 1 amide bonds. The van der Waals surface area contributed by atoms with E-state index in [0.717, 1.165) is 38.5 Å². The molecule has 0 aliphatic carbocycles. The fraction of sp³-hybridized carbons (Fsp3) is 0.296. The fourth-order valence-electron chi connectivity index (χ4n) is 4.12. The molecule has 3 aromatic rings. The minimum atomic E-state index is -1.35. The van der Waals surface area contributed by atoms with Crippen LogP contribution in [0.5, 0.6) is 23.0 Å². The van der Waals surface area contributed by atoms with Gasteiger partial charge in [-0.3, -0.25) is 4.79 Å². The molecule has 0 fully saturated rings. The van der Waals surface area contributed by atoms with Crippen LogP contribution < -0.4 is 19.5 Å². The maximum Gasteiger partial charge on any atom is 0.328 e. The molecule has 40 heavy (non-hydrogen) atoms. The molecule has 1 heterocycles. The number of aromatic hydroxyl groups is 1. The van der Waals surface area contributed by atoms with Crippen LogP contribution in [0.4, 0.5) is 17.6 Å². The van der Waals surface area contributed by atoms with Crippen LogP contribution in [-0.2, 0) is 9.53 Å². The molecule has 0 bridgehead atoms. The van der Waals surface area contributed by atoms with Gasteiger partial charge in [0.05, 0.1) is 27.2 Å². The summed E-state index contributed by atoms with van der Waals surface area (Å²) in [5.74, 6) is -10.0. The number of nitrogens with zero attached hydrogens (tertiary/aromatic N) is 1. The van der Waals surface area contributed by atoms with Crippen molar-refractivity contribution in [3.8, 4) is 23.0 Å². The molecule has 13 heteroatoms. The van der Waals surface area contributed by atoms with E-state index in [4.69, 9.17) is 18.9 Å². The Labute approximate surface area is 226 Å². The number of nitrogens with one attached hydrogen (secondary N) is 1. The van der Waals surface area contributed by atoms with Crippen LogP contribution in [0, 0.1) is 23.3 Å². The number of carbonyl (C=O) groups is 2. The zero-order valence-electron chi connectivity index (χ0n) is 22.1. The van der Waals surface area contributed by atoms with Crippen molar-refractivity contribution in [2.24, 2.45) is 0 Å². The first kappa shape index (κ1) is 30.0. The number of amides is 1. The second-order valence-electron chi connectivity index (χ2n) is 8.49. The van der Waals surface area contributed by atoms with Gasteiger partial charge in [-0.25, -0.2) is 18.6 Å². The zero-order valence-corrected chi connectivity index (χ0v) is 22.1. The van der Waals surface area contributed by atoms with Crippen LogP contribution in [0.15, 0.2) is 36.5 Å². The van der Waals surface area contributed by atoms with Crippen LogP contribution in [0.25, 0.3) is 0 Å². The fourth-order valence-corrected chi connectivity index (χ4v) is 4.12. The minimum Gasteiger partial charge on any atom is -0.503 e. The Morgan fingerprint density at radius 3 is 1.85 bits per heavy atom. The first-order valence-electron chi connectivity index (χ1n) is 11.7. The van der Waals surface area contributed by atoms with Gasteiger partial charge in [0.2, 0.25) is 11.6 Å². The molecular formula is C27H26F4N2O7. The number of hydrogen-bond acceptors (Lipinski definition) is 8. The average molecular weight is 567 g/mol. The lowest BCUT2D eigenvalue weighted by atomic mass is 9.85. The van der Waals surface area contributed by atoms with E-state index >= 15 is 0 Å². The lowest BCUT2D eigenvalue weighted by Crippen LogP contribution is -2.41. The Morgan fingerprint density at radius 2 is 1.38 bits per heavy atom. The third-order valence-electron chi connectivity index (χ3n) is 6.03. The van der Waals surface area contributed by atoms with E-state index in [9.17, 15) is 32.3 Å². The summed E-state index contributed by atoms with van der Waals surface area (Å²) >= 11 is 0. The molecule has 0 aliphatic heterocycles. The van der Waals surface area contributed by atoms with Gasteiger partial charge < -0.3 is 29.4 Å². The SMILES string of the molecule is COc1ccnc(C(=O)N[C@@H](C)C(=O)O[C@@H](C)C(c2ccc(F)c(F)c2OC)c2ccc(F)c(F)c2OC)c1O. The van der Waals surface area contributed by atoms with Gasteiger partial charge in [-0.15, -0.1) is 0 Å². The Morgan fingerprint density at radius 1 is 0.850 bits per heavy atom. The van der Waals surface area contributed by atoms with Gasteiger partial charge in [-0.05, 0) is 26.0 Å². The quantitative estimate of drug-likeness (QED) is 0.277. The van der Waals surface area contributed by atoms with E-state index < -0.39 is 76.2 Å². The first-order valence-corrected chi connectivity index (χ1v) is 11.7. The predicted octanol–water partition coefficient (Wildman–Crippen LogP) is 4.25. The molecule has 0 unspecified atom stereocenters. The second-order valence-corrected chi connectivity index (χ2v) is 8.49. The Hall–Kier alpha value is -4.55. The highest BCUT2D eigenvalue weighted by Crippen LogP contribution is 2.42. The van der Waals surface area contributed by atoms with Crippen molar-refractivity contribution in [3.05, 3.63) is 76.6 Å². The molecule has 0 spiro atoms. The zero-order chi connectivity index (χ0) is 29.7. The molecule has 2 atom stereocenters. The minimum absolute atomic E-state index is 0.0206. The third-order valence-corrected chi connectivity index (χ3v) is 6.03. The summed E-state index contributed by atoms with van der Waals surface area (Å²) in [6.45, 7) is 2.66. The van der Waals surface area contributed by atoms with Crippen molar-refractivity contribution in [3.63, 3.8) is 0 Å². The Kier molecular flexibility index (Phi) is 9.40. The van der Waals surface area contributed by atoms with E-state index in [2.05, 4.69) is 10.3 Å². The number of aromatic nitrogens is 1. The number of methoxy groups -OCH3 is 3. The first-order chi connectivity index (χ1) is 19.0. The van der Waals surface area contributed by atoms with E-state index in [-0.39, 0.29) is 16.9 Å². The molecule has 3 rings (SSSR count). The highest BCUT2D eigenvalue weighted by atomic mass is 19.2. The summed E-state index contributed by atoms with van der Waals surface area (Å²) < 4.78 is 77.9. The highest BCUT2D eigenvalue weighted by molar-refractivity contribution is 5.97. The average Bonchev–Trinajstić information content (AvgIpc) is 2.92. The van der Waals surface area contributed by atoms with Crippen molar-refractivity contribution < 1.29 is 51.2 Å². The van der Waals surface area contributed by atoms with E-state index in [1.807, 2.05) is 0 Å². The number of hydrogen-bond donors (Lipinski definition) is 2. The summed E-state index contributed by atoms with van der Waals surface area (Å²) in [5.41, 5.74) is -0.538. The van der Waals surface area contributed by atoms with E-state index in [0.29, 0.717) is 0 Å². The Balaban J connectivity index is 1.97. The number of carbonyl (C=O) groups excluding carboxylic acids is 2. The lowest BCUT2D eigenvalue weighted by Gasteiger charge is -2.29. The van der Waals surface area contributed by atoms with Crippen molar-refractivity contribution >= 4 is 11.9 Å². The molecule has 214 valence electrons. The monoisotopic (exact) mass is 566 g/mol. The molecule has 2 aromatic carbocycles. The topological polar surface area (TPSA) is 116 Å². The normalized spacial score (nSPS) is 12.4. The smallest absolute Gasteiger partial charge is 0.328 e. The molecule has 1 aromatic heterocycles. The number of halogens is 4. The van der Waals surface area contributed by atoms with Crippen LogP contribution in [0.3, 0.4) is 0 Å². The lowest BCUT2D eigenvalue weighted by molar-refractivity contribution is -0.150. The van der Waals surface area contributed by atoms with Crippen molar-refractivity contribution in [2.45, 2.75) is 31.9 Å². The van der Waals surface area contributed by atoms with Gasteiger partial charge >= 0.3 is 5.97 Å². The van der Waals surface area contributed by atoms with Crippen LogP contribution in [0.2, 0.25) is 0 Å². The van der Waals surface area contributed by atoms with Gasteiger partial charge in [0.25, 0.3) is 5.91 Å². The standard InChI is InChI=1S/C27H26F4N2O7/c1-12(33-26(35)22-23(34)18(37-3)10-11-32-22)27(36)40-13(2)19(14-6-8-16(28)20(30)24(14)38-4)15-7-9-17(29)21(31)25(15)39-5/h6-13,19,34H,1-5H3,(H,33,35)/t12-,13-/m0/s1. The summed E-state index contributed by atoms with van der Waals surface area (Å²) in [4.78, 5) is 29.4. The molecule has 0 saturated heterocycles. The third kappa shape index (κ3) is 5.87. The number of ether oxygens (including phenoxy) is 4. The molecule has 0 radical (unpaired) electrons. The van der Waals surface area contributed by atoms with E-state index in [1.54, 1.807) is 0 Å². The maximum absolute atomic E-state index is 14.7. The van der Waals surface area contributed by atoms with Crippen molar-refractivity contribution in [1.29, 1.82) is 0 Å². The molecule has 0 aliphatic rings. The second kappa shape index (κ2) is 12.5. The van der Waals surface area contributed by atoms with Gasteiger partial charge in [0, 0.05) is 23.4 Å². The highest BCUT2D eigenvalue weighted by Gasteiger charge is 2.34. The van der Waals surface area contributed by atoms with Gasteiger partial charge in [-0.2, -0.15) is 8.78 Å². The number of esters is 1. The maximum atomic E-state index is 14.7. The van der Waals surface area contributed by atoms with Crippen LogP contribution in [0.1, 0.15) is 41.4 Å². The van der Waals surface area contributed by atoms with Crippen molar-refractivity contribution in [1.82, 2.24) is 10.3 Å². The number of rotatable bonds is 10. The Bertz CT molecular complexity index is 1360. The van der Waals surface area contributed by atoms with Crippen LogP contribution >= 0.6 is 0 Å².